The van der Waals surface area contributed by atoms with Gasteiger partial charge in [-0.1, -0.05) is 6.07 Å². The number of hydrogen-bond donors (Lipinski definition) is 1. The van der Waals surface area contributed by atoms with Crippen molar-refractivity contribution in [2.45, 2.75) is 38.6 Å². The number of rotatable bonds is 3. The van der Waals surface area contributed by atoms with Crippen molar-refractivity contribution < 1.29 is 9.53 Å². The summed E-state index contributed by atoms with van der Waals surface area (Å²) in [5, 5.41) is 3.04. The standard InChI is InChI=1S/C17H24N2O2/c1-17(2)12-21-9-8-19(17)11-16(20)18-15-7-6-13-4-3-5-14(13)10-15/h6-7,10H,3-5,8-9,11-12H2,1-2H3,(H,18,20). The predicted octanol–water partition coefficient (Wildman–Crippen LogP) is 2.22. The van der Waals surface area contributed by atoms with Gasteiger partial charge in [0.2, 0.25) is 5.91 Å². The number of anilines is 1. The van der Waals surface area contributed by atoms with Crippen LogP contribution >= 0.6 is 0 Å². The molecular formula is C17H24N2O2. The van der Waals surface area contributed by atoms with E-state index in [9.17, 15) is 4.79 Å². The summed E-state index contributed by atoms with van der Waals surface area (Å²) in [5.41, 5.74) is 3.67. The van der Waals surface area contributed by atoms with Crippen molar-refractivity contribution in [3.05, 3.63) is 29.3 Å². The molecule has 114 valence electrons. The molecule has 4 nitrogen and oxygen atoms in total. The maximum Gasteiger partial charge on any atom is 0.238 e. The van der Waals surface area contributed by atoms with Crippen LogP contribution in [0.4, 0.5) is 5.69 Å². The van der Waals surface area contributed by atoms with E-state index in [0.29, 0.717) is 19.8 Å². The molecule has 0 radical (unpaired) electrons. The molecule has 1 aromatic rings. The Morgan fingerprint density at radius 2 is 2.14 bits per heavy atom. The maximum atomic E-state index is 12.3. The first-order chi connectivity index (χ1) is 10.0. The fourth-order valence-corrected chi connectivity index (χ4v) is 3.21. The first-order valence-corrected chi connectivity index (χ1v) is 7.79. The third kappa shape index (κ3) is 3.27. The molecule has 3 rings (SSSR count). The van der Waals surface area contributed by atoms with Gasteiger partial charge in [0, 0.05) is 17.8 Å². The fraction of sp³-hybridized carbons (Fsp3) is 0.588. The van der Waals surface area contributed by atoms with Gasteiger partial charge in [-0.15, -0.1) is 0 Å². The zero-order valence-electron chi connectivity index (χ0n) is 12.9. The Morgan fingerprint density at radius 1 is 1.33 bits per heavy atom. The Bertz CT molecular complexity index is 540. The van der Waals surface area contributed by atoms with Crippen LogP contribution in [0.5, 0.6) is 0 Å². The fourth-order valence-electron chi connectivity index (χ4n) is 3.21. The highest BCUT2D eigenvalue weighted by Crippen LogP contribution is 2.25. The number of morpholine rings is 1. The Balaban J connectivity index is 1.61. The van der Waals surface area contributed by atoms with Crippen LogP contribution < -0.4 is 5.32 Å². The summed E-state index contributed by atoms with van der Waals surface area (Å²) in [6.07, 6.45) is 3.54. The SMILES string of the molecule is CC1(C)COCCN1CC(=O)Nc1ccc2c(c1)CCC2. The van der Waals surface area contributed by atoms with E-state index in [1.54, 1.807) is 0 Å². The molecule has 1 aliphatic heterocycles. The van der Waals surface area contributed by atoms with Gasteiger partial charge in [0.25, 0.3) is 0 Å². The highest BCUT2D eigenvalue weighted by Gasteiger charge is 2.31. The average Bonchev–Trinajstić information content (AvgIpc) is 2.88. The van der Waals surface area contributed by atoms with Crippen LogP contribution in [-0.2, 0) is 22.4 Å². The third-order valence-corrected chi connectivity index (χ3v) is 4.53. The molecule has 1 aromatic carbocycles. The summed E-state index contributed by atoms with van der Waals surface area (Å²) >= 11 is 0. The summed E-state index contributed by atoms with van der Waals surface area (Å²) in [6, 6.07) is 6.30. The second kappa shape index (κ2) is 5.78. The lowest BCUT2D eigenvalue weighted by Crippen LogP contribution is -2.55. The van der Waals surface area contributed by atoms with E-state index >= 15 is 0 Å². The van der Waals surface area contributed by atoms with Gasteiger partial charge in [-0.2, -0.15) is 0 Å². The number of nitrogens with zero attached hydrogens (tertiary/aromatic N) is 1. The topological polar surface area (TPSA) is 41.6 Å². The molecule has 1 heterocycles. The lowest BCUT2D eigenvalue weighted by Gasteiger charge is -2.41. The molecule has 2 aliphatic rings. The van der Waals surface area contributed by atoms with Gasteiger partial charge in [0.1, 0.15) is 0 Å². The Hall–Kier alpha value is -1.39. The number of carbonyl (C=O) groups excluding carboxylic acids is 1. The Kier molecular flexibility index (Phi) is 4.00. The molecule has 21 heavy (non-hydrogen) atoms. The number of nitrogens with one attached hydrogen (secondary N) is 1. The number of fused-ring (bicyclic) bond motifs is 1. The van der Waals surface area contributed by atoms with E-state index in [1.165, 1.54) is 24.0 Å². The van der Waals surface area contributed by atoms with Crippen molar-refractivity contribution in [3.63, 3.8) is 0 Å². The summed E-state index contributed by atoms with van der Waals surface area (Å²) in [5.74, 6) is 0.0583. The van der Waals surface area contributed by atoms with Crippen LogP contribution in [0, 0.1) is 0 Å². The molecule has 0 spiro atoms. The lowest BCUT2D eigenvalue weighted by atomic mass is 10.0. The van der Waals surface area contributed by atoms with Gasteiger partial charge >= 0.3 is 0 Å². The molecule has 0 bridgehead atoms. The molecule has 0 atom stereocenters. The van der Waals surface area contributed by atoms with Crippen LogP contribution in [0.3, 0.4) is 0 Å². The first-order valence-electron chi connectivity index (χ1n) is 7.79. The normalized spacial score (nSPS) is 21.0. The zero-order valence-corrected chi connectivity index (χ0v) is 12.9. The second-order valence-electron chi connectivity index (χ2n) is 6.67. The van der Waals surface area contributed by atoms with E-state index < -0.39 is 0 Å². The van der Waals surface area contributed by atoms with E-state index in [-0.39, 0.29) is 11.4 Å². The van der Waals surface area contributed by atoms with Crippen molar-refractivity contribution in [2.24, 2.45) is 0 Å². The van der Waals surface area contributed by atoms with Crippen molar-refractivity contribution in [1.29, 1.82) is 0 Å². The molecule has 1 aliphatic carbocycles. The molecule has 1 saturated heterocycles. The molecule has 0 unspecified atom stereocenters. The Morgan fingerprint density at radius 3 is 2.95 bits per heavy atom. The van der Waals surface area contributed by atoms with Gasteiger partial charge in [-0.25, -0.2) is 0 Å². The van der Waals surface area contributed by atoms with Gasteiger partial charge in [-0.3, -0.25) is 9.69 Å². The van der Waals surface area contributed by atoms with Gasteiger partial charge < -0.3 is 10.1 Å². The van der Waals surface area contributed by atoms with Gasteiger partial charge in [0.05, 0.1) is 19.8 Å². The molecule has 0 aromatic heterocycles. The van der Waals surface area contributed by atoms with Crippen LogP contribution in [0.2, 0.25) is 0 Å². The monoisotopic (exact) mass is 288 g/mol. The van der Waals surface area contributed by atoms with Crippen molar-refractivity contribution in [1.82, 2.24) is 4.90 Å². The first kappa shape index (κ1) is 14.5. The number of amides is 1. The predicted molar refractivity (Wildman–Crippen MR) is 83.6 cm³/mol. The molecule has 0 saturated carbocycles. The van der Waals surface area contributed by atoms with Gasteiger partial charge in [0.15, 0.2) is 0 Å². The van der Waals surface area contributed by atoms with Crippen molar-refractivity contribution in [3.8, 4) is 0 Å². The number of carbonyl (C=O) groups is 1. The number of benzene rings is 1. The molecule has 1 fully saturated rings. The summed E-state index contributed by atoms with van der Waals surface area (Å²) in [6.45, 7) is 6.86. The van der Waals surface area contributed by atoms with Crippen molar-refractivity contribution in [2.75, 3.05) is 31.6 Å². The number of hydrogen-bond acceptors (Lipinski definition) is 3. The second-order valence-corrected chi connectivity index (χ2v) is 6.67. The highest BCUT2D eigenvalue weighted by atomic mass is 16.5. The summed E-state index contributed by atoms with van der Waals surface area (Å²) in [7, 11) is 0. The summed E-state index contributed by atoms with van der Waals surface area (Å²) < 4.78 is 5.49. The van der Waals surface area contributed by atoms with Gasteiger partial charge in [-0.05, 0) is 56.4 Å². The van der Waals surface area contributed by atoms with E-state index in [2.05, 4.69) is 36.2 Å². The smallest absolute Gasteiger partial charge is 0.238 e. The minimum atomic E-state index is -0.0759. The molecule has 4 heteroatoms. The van der Waals surface area contributed by atoms with E-state index in [4.69, 9.17) is 4.74 Å². The quantitative estimate of drug-likeness (QED) is 0.927. The largest absolute Gasteiger partial charge is 0.378 e. The number of aryl methyl sites for hydroxylation is 2. The third-order valence-electron chi connectivity index (χ3n) is 4.53. The highest BCUT2D eigenvalue weighted by molar-refractivity contribution is 5.92. The average molecular weight is 288 g/mol. The van der Waals surface area contributed by atoms with E-state index in [1.807, 2.05) is 6.07 Å². The molecular weight excluding hydrogens is 264 g/mol. The lowest BCUT2D eigenvalue weighted by molar-refractivity contribution is -0.122. The van der Waals surface area contributed by atoms with Crippen molar-refractivity contribution >= 4 is 11.6 Å². The summed E-state index contributed by atoms with van der Waals surface area (Å²) in [4.78, 5) is 14.5. The van der Waals surface area contributed by atoms with Crippen LogP contribution in [0.1, 0.15) is 31.4 Å². The zero-order chi connectivity index (χ0) is 14.9. The Labute approximate surface area is 126 Å². The molecule has 1 N–H and O–H groups in total. The van der Waals surface area contributed by atoms with Crippen LogP contribution in [0.25, 0.3) is 0 Å². The number of ether oxygens (including phenoxy) is 1. The van der Waals surface area contributed by atoms with E-state index in [0.717, 1.165) is 18.7 Å². The van der Waals surface area contributed by atoms with Crippen LogP contribution in [-0.4, -0.2) is 42.6 Å². The minimum absolute atomic E-state index is 0.0583. The maximum absolute atomic E-state index is 12.3. The minimum Gasteiger partial charge on any atom is -0.378 e. The molecule has 1 amide bonds. The van der Waals surface area contributed by atoms with Crippen LogP contribution in [0.15, 0.2) is 18.2 Å².